The van der Waals surface area contributed by atoms with Crippen molar-refractivity contribution in [3.05, 3.63) is 56.7 Å². The minimum Gasteiger partial charge on any atom is -0.490 e. The molecule has 1 saturated heterocycles. The summed E-state index contributed by atoms with van der Waals surface area (Å²) in [5.74, 6) is -0.161. The van der Waals surface area contributed by atoms with Crippen LogP contribution in [0.15, 0.2) is 39.9 Å². The van der Waals surface area contributed by atoms with Crippen LogP contribution >= 0.6 is 0 Å². The number of anilines is 2. The summed E-state index contributed by atoms with van der Waals surface area (Å²) in [5, 5.41) is 2.46. The van der Waals surface area contributed by atoms with Gasteiger partial charge in [-0.25, -0.2) is 9.18 Å². The molecule has 1 aromatic carbocycles. The molecule has 2 heterocycles. The van der Waals surface area contributed by atoms with Crippen LogP contribution < -0.4 is 27.0 Å². The Morgan fingerprint density at radius 2 is 1.87 bits per heavy atom. The molecule has 10 heteroatoms. The van der Waals surface area contributed by atoms with Crippen molar-refractivity contribution in [1.82, 2.24) is 9.13 Å². The number of nitrogens with two attached hydrogens (primary N) is 1. The monoisotopic (exact) mass is 432 g/mol. The number of nitrogens with one attached hydrogen (secondary N) is 1. The Morgan fingerprint density at radius 3 is 2.42 bits per heavy atom. The van der Waals surface area contributed by atoms with Gasteiger partial charge < -0.3 is 20.5 Å². The summed E-state index contributed by atoms with van der Waals surface area (Å²) < 4.78 is 26.4. The molecule has 1 amide bonds. The Balaban J connectivity index is 1.68. The molecule has 1 aromatic heterocycles. The number of carbonyl (C=O) groups is 1. The van der Waals surface area contributed by atoms with Crippen LogP contribution in [0.4, 0.5) is 15.9 Å². The number of halogens is 1. The number of alkyl halides is 1. The maximum absolute atomic E-state index is 13.9. The predicted molar refractivity (Wildman–Crippen MR) is 115 cm³/mol. The van der Waals surface area contributed by atoms with Gasteiger partial charge in [0, 0.05) is 19.2 Å². The molecule has 0 aliphatic carbocycles. The fourth-order valence-corrected chi connectivity index (χ4v) is 3.05. The van der Waals surface area contributed by atoms with Crippen LogP contribution in [0.2, 0.25) is 0 Å². The summed E-state index contributed by atoms with van der Waals surface area (Å²) in [6.45, 7) is 3.77. The number of hydrogen-bond acceptors (Lipinski definition) is 6. The van der Waals surface area contributed by atoms with Gasteiger partial charge in [0.05, 0.1) is 13.2 Å². The molecule has 0 atom stereocenters. The molecule has 1 aliphatic rings. The summed E-state index contributed by atoms with van der Waals surface area (Å²) in [5.41, 5.74) is 3.88. The lowest BCUT2D eigenvalue weighted by atomic mass is 10.1. The molecule has 1 fully saturated rings. The largest absolute Gasteiger partial charge is 0.490 e. The fourth-order valence-electron chi connectivity index (χ4n) is 3.05. The highest BCUT2D eigenvalue weighted by atomic mass is 19.1. The van der Waals surface area contributed by atoms with Gasteiger partial charge in [-0.2, -0.15) is 0 Å². The summed E-state index contributed by atoms with van der Waals surface area (Å²) >= 11 is 0. The highest BCUT2D eigenvalue weighted by molar-refractivity contribution is 6.03. The maximum Gasteiger partial charge on any atom is 0.332 e. The number of hydrogen-bond donors (Lipinski definition) is 2. The van der Waals surface area contributed by atoms with Crippen LogP contribution in [0.1, 0.15) is 19.4 Å². The lowest BCUT2D eigenvalue weighted by molar-refractivity contribution is -0.146. The van der Waals surface area contributed by atoms with E-state index < -0.39 is 22.8 Å². The summed E-state index contributed by atoms with van der Waals surface area (Å²) in [7, 11) is 0. The minimum absolute atomic E-state index is 0.0343. The van der Waals surface area contributed by atoms with E-state index in [0.717, 1.165) is 4.57 Å². The first-order valence-corrected chi connectivity index (χ1v) is 9.89. The van der Waals surface area contributed by atoms with E-state index >= 15 is 0 Å². The fraction of sp³-hybridized carbons (Fsp3) is 0.381. The zero-order chi connectivity index (χ0) is 22.6. The molecule has 0 radical (unpaired) electrons. The van der Waals surface area contributed by atoms with Gasteiger partial charge >= 0.3 is 5.69 Å². The molecule has 0 spiro atoms. The number of benzene rings is 1. The third kappa shape index (κ3) is 4.85. The predicted octanol–water partition coefficient (Wildman–Crippen LogP) is 1.40. The van der Waals surface area contributed by atoms with Crippen molar-refractivity contribution in [3.8, 4) is 5.75 Å². The molecule has 9 nitrogen and oxygen atoms in total. The van der Waals surface area contributed by atoms with Crippen molar-refractivity contribution in [2.75, 3.05) is 30.9 Å². The van der Waals surface area contributed by atoms with Crippen LogP contribution in [0, 0.1) is 0 Å². The smallest absolute Gasteiger partial charge is 0.332 e. The molecule has 3 rings (SSSR count). The molecule has 0 bridgehead atoms. The van der Waals surface area contributed by atoms with Crippen LogP contribution in [-0.2, 0) is 22.6 Å². The van der Waals surface area contributed by atoms with Crippen molar-refractivity contribution in [2.45, 2.75) is 32.6 Å². The first-order chi connectivity index (χ1) is 14.8. The van der Waals surface area contributed by atoms with E-state index in [1.165, 1.54) is 10.6 Å². The topological polar surface area (TPSA) is 118 Å². The van der Waals surface area contributed by atoms with E-state index in [4.69, 9.17) is 15.2 Å². The highest BCUT2D eigenvalue weighted by Gasteiger charge is 2.39. The van der Waals surface area contributed by atoms with Gasteiger partial charge in [0.25, 0.3) is 5.56 Å². The number of rotatable bonds is 8. The van der Waals surface area contributed by atoms with Crippen molar-refractivity contribution in [1.29, 1.82) is 0 Å². The van der Waals surface area contributed by atoms with Gasteiger partial charge in [0.2, 0.25) is 5.91 Å². The van der Waals surface area contributed by atoms with Gasteiger partial charge in [0.15, 0.2) is 5.67 Å². The molecule has 31 heavy (non-hydrogen) atoms. The summed E-state index contributed by atoms with van der Waals surface area (Å²) in [4.78, 5) is 37.1. The molecule has 166 valence electrons. The molecular weight excluding hydrogens is 407 g/mol. The van der Waals surface area contributed by atoms with Crippen LogP contribution in [0.25, 0.3) is 6.08 Å². The molecule has 2 aromatic rings. The zero-order valence-electron chi connectivity index (χ0n) is 17.4. The third-order valence-electron chi connectivity index (χ3n) is 4.87. The zero-order valence-corrected chi connectivity index (χ0v) is 17.4. The molecular formula is C21H25FN4O5. The Hall–Kier alpha value is -3.40. The minimum atomic E-state index is -1.44. The average Bonchev–Trinajstić information content (AvgIpc) is 2.74. The Labute approximate surface area is 177 Å². The van der Waals surface area contributed by atoms with E-state index in [2.05, 4.69) is 5.32 Å². The van der Waals surface area contributed by atoms with Crippen LogP contribution in [0.3, 0.4) is 0 Å². The summed E-state index contributed by atoms with van der Waals surface area (Å²) in [6.07, 6.45) is 2.79. The van der Waals surface area contributed by atoms with E-state index in [0.29, 0.717) is 11.3 Å². The van der Waals surface area contributed by atoms with Crippen molar-refractivity contribution >= 4 is 23.5 Å². The third-order valence-corrected chi connectivity index (χ3v) is 4.87. The van der Waals surface area contributed by atoms with E-state index in [1.807, 2.05) is 0 Å². The lowest BCUT2D eigenvalue weighted by Gasteiger charge is -2.33. The van der Waals surface area contributed by atoms with Crippen molar-refractivity contribution in [2.24, 2.45) is 0 Å². The second-order valence-corrected chi connectivity index (χ2v) is 7.16. The standard InChI is InChI=1S/C21H25FN4O5/c1-3-25-18(23)17(19(28)26(4-2)20(25)29)24-16(27)10-7-14-5-8-15(9-6-14)31-13-21(22)11-30-12-21/h5-10H,3-4,11-13,23H2,1-2H3,(H,24,27)/b10-7+. The van der Waals surface area contributed by atoms with Gasteiger partial charge in [0.1, 0.15) is 23.9 Å². The second-order valence-electron chi connectivity index (χ2n) is 7.16. The number of ether oxygens (including phenoxy) is 2. The van der Waals surface area contributed by atoms with Crippen LogP contribution in [0.5, 0.6) is 5.75 Å². The molecule has 3 N–H and O–H groups in total. The van der Waals surface area contributed by atoms with Crippen LogP contribution in [-0.4, -0.2) is 40.5 Å². The summed E-state index contributed by atoms with van der Waals surface area (Å²) in [6, 6.07) is 6.74. The number of amides is 1. The van der Waals surface area contributed by atoms with E-state index in [1.54, 1.807) is 44.2 Å². The highest BCUT2D eigenvalue weighted by Crippen LogP contribution is 2.23. The quantitative estimate of drug-likeness (QED) is 0.609. The van der Waals surface area contributed by atoms with Gasteiger partial charge in [-0.1, -0.05) is 12.1 Å². The Kier molecular flexibility index (Phi) is 6.59. The van der Waals surface area contributed by atoms with Crippen molar-refractivity contribution in [3.63, 3.8) is 0 Å². The van der Waals surface area contributed by atoms with Gasteiger partial charge in [-0.05, 0) is 37.6 Å². The second kappa shape index (κ2) is 9.17. The van der Waals surface area contributed by atoms with E-state index in [9.17, 15) is 18.8 Å². The maximum atomic E-state index is 13.9. The van der Waals surface area contributed by atoms with E-state index in [-0.39, 0.29) is 44.4 Å². The SMILES string of the molecule is CCn1c(N)c(NC(=O)/C=C/c2ccc(OCC3(F)COC3)cc2)c(=O)n(CC)c1=O. The number of aromatic nitrogens is 2. The molecule has 0 saturated carbocycles. The number of carbonyl (C=O) groups excluding carboxylic acids is 1. The Bertz CT molecular complexity index is 1100. The number of nitrogens with zero attached hydrogens (tertiary/aromatic N) is 2. The average molecular weight is 432 g/mol. The molecule has 0 unspecified atom stereocenters. The van der Waals surface area contributed by atoms with Gasteiger partial charge in [-0.15, -0.1) is 0 Å². The normalized spacial score (nSPS) is 14.9. The first-order valence-electron chi connectivity index (χ1n) is 9.89. The molecule has 1 aliphatic heterocycles. The first kappa shape index (κ1) is 22.3. The van der Waals surface area contributed by atoms with Crippen molar-refractivity contribution < 1.29 is 18.7 Å². The lowest BCUT2D eigenvalue weighted by Crippen LogP contribution is -2.50. The Morgan fingerprint density at radius 1 is 1.23 bits per heavy atom. The van der Waals surface area contributed by atoms with Gasteiger partial charge in [-0.3, -0.25) is 18.7 Å². The number of nitrogen functional groups attached to an aromatic ring is 1.